The van der Waals surface area contributed by atoms with E-state index in [2.05, 4.69) is 9.97 Å². The lowest BCUT2D eigenvalue weighted by atomic mass is 10.0. The van der Waals surface area contributed by atoms with Crippen molar-refractivity contribution >= 4 is 21.7 Å². The number of ether oxygens (including phenoxy) is 2. The van der Waals surface area contributed by atoms with Gasteiger partial charge in [-0.25, -0.2) is 13.4 Å². The van der Waals surface area contributed by atoms with Crippen molar-refractivity contribution in [2.75, 3.05) is 49.8 Å². The van der Waals surface area contributed by atoms with Crippen molar-refractivity contribution in [3.8, 4) is 22.9 Å². The average Bonchev–Trinajstić information content (AvgIpc) is 2.96. The number of rotatable bonds is 5. The molecular formula is C28H26F6N4O5S. The number of sulfone groups is 1. The molecule has 1 aromatic heterocycles. The topological polar surface area (TPSA) is 102 Å². The largest absolute Gasteiger partial charge is 0.496 e. The van der Waals surface area contributed by atoms with E-state index in [0.29, 0.717) is 23.4 Å². The summed E-state index contributed by atoms with van der Waals surface area (Å²) in [6.07, 6.45) is -9.90. The second kappa shape index (κ2) is 11.8. The second-order valence-electron chi connectivity index (χ2n) is 10.2. The zero-order valence-corrected chi connectivity index (χ0v) is 24.0. The number of halogens is 6. The summed E-state index contributed by atoms with van der Waals surface area (Å²) in [5.41, 5.74) is -3.11. The Kier molecular flexibility index (Phi) is 8.39. The minimum atomic E-state index is -5.05. The van der Waals surface area contributed by atoms with Gasteiger partial charge in [0.25, 0.3) is 5.91 Å². The molecule has 2 aromatic carbocycles. The van der Waals surface area contributed by atoms with Gasteiger partial charge in [0.05, 0.1) is 42.0 Å². The van der Waals surface area contributed by atoms with Crippen LogP contribution in [0.4, 0.5) is 32.3 Å². The van der Waals surface area contributed by atoms with Gasteiger partial charge in [-0.2, -0.15) is 31.3 Å². The summed E-state index contributed by atoms with van der Waals surface area (Å²) in [6.45, 7) is -0.425. The van der Waals surface area contributed by atoms with Crippen molar-refractivity contribution in [3.05, 3.63) is 64.7 Å². The molecule has 0 aliphatic carbocycles. The number of methoxy groups -OCH3 is 1. The molecule has 0 atom stereocenters. The van der Waals surface area contributed by atoms with Gasteiger partial charge in [-0.05, 0) is 42.3 Å². The monoisotopic (exact) mass is 644 g/mol. The van der Waals surface area contributed by atoms with E-state index < -0.39 is 45.8 Å². The maximum atomic E-state index is 14.1. The highest BCUT2D eigenvalue weighted by Gasteiger charge is 2.38. The van der Waals surface area contributed by atoms with Crippen molar-refractivity contribution in [2.45, 2.75) is 25.3 Å². The number of carbonyl (C=O) groups is 1. The van der Waals surface area contributed by atoms with Crippen LogP contribution in [0.2, 0.25) is 0 Å². The molecule has 16 heteroatoms. The highest BCUT2D eigenvalue weighted by molar-refractivity contribution is 7.91. The average molecular weight is 645 g/mol. The van der Waals surface area contributed by atoms with Crippen molar-refractivity contribution in [2.24, 2.45) is 0 Å². The molecule has 2 aliphatic rings. The highest BCUT2D eigenvalue weighted by atomic mass is 32.2. The molecule has 44 heavy (non-hydrogen) atoms. The number of benzene rings is 2. The first-order chi connectivity index (χ1) is 20.7. The van der Waals surface area contributed by atoms with Crippen molar-refractivity contribution < 1.29 is 49.0 Å². The Morgan fingerprint density at radius 3 is 2.18 bits per heavy atom. The number of anilines is 1. The molecular weight excluding hydrogens is 618 g/mol. The predicted molar refractivity (Wildman–Crippen MR) is 146 cm³/mol. The summed E-state index contributed by atoms with van der Waals surface area (Å²) in [5, 5.41) is 0. The van der Waals surface area contributed by atoms with Gasteiger partial charge in [0.15, 0.2) is 9.84 Å². The summed E-state index contributed by atoms with van der Waals surface area (Å²) in [4.78, 5) is 25.9. The standard InChI is InChI=1S/C28H26F6N4O5S/c1-42-21-6-3-2-5-20(21)23-22-24(36-26(35-23)37-8-11-44(40,41)12-9-37)43-10-4-7-38(25(22)39)16-17-13-18(27(29,30)31)15-19(14-17)28(32,33)34/h2-3,5-6,13-15H,4,7-12,16H2,1H3. The van der Waals surface area contributed by atoms with Crippen molar-refractivity contribution in [1.29, 1.82) is 0 Å². The van der Waals surface area contributed by atoms with E-state index in [4.69, 9.17) is 9.47 Å². The van der Waals surface area contributed by atoms with E-state index in [1.54, 1.807) is 29.2 Å². The van der Waals surface area contributed by atoms with Crippen LogP contribution in [0.15, 0.2) is 42.5 Å². The Morgan fingerprint density at radius 1 is 0.932 bits per heavy atom. The molecule has 5 rings (SSSR count). The van der Waals surface area contributed by atoms with Crippen LogP contribution < -0.4 is 14.4 Å². The number of carbonyl (C=O) groups excluding carboxylic acids is 1. The molecule has 1 amide bonds. The Hall–Kier alpha value is -4.08. The molecule has 2 aliphatic heterocycles. The number of nitrogens with zero attached hydrogens (tertiary/aromatic N) is 4. The van der Waals surface area contributed by atoms with Gasteiger partial charge in [0.1, 0.15) is 11.3 Å². The van der Waals surface area contributed by atoms with Crippen molar-refractivity contribution in [1.82, 2.24) is 14.9 Å². The van der Waals surface area contributed by atoms with Crippen LogP contribution in [-0.4, -0.2) is 74.0 Å². The van der Waals surface area contributed by atoms with Crippen LogP contribution in [0.5, 0.6) is 11.6 Å². The summed E-state index contributed by atoms with van der Waals surface area (Å²) in [6, 6.07) is 7.78. The van der Waals surface area contributed by atoms with E-state index in [0.717, 1.165) is 4.90 Å². The normalized spacial score (nSPS) is 17.4. The number of hydrogen-bond donors (Lipinski definition) is 0. The minimum absolute atomic E-state index is 0.0172. The Labute approximate surface area is 248 Å². The number of fused-ring (bicyclic) bond motifs is 1. The highest BCUT2D eigenvalue weighted by Crippen LogP contribution is 2.39. The fourth-order valence-corrected chi connectivity index (χ4v) is 6.18. The van der Waals surface area contributed by atoms with E-state index in [-0.39, 0.29) is 78.9 Å². The van der Waals surface area contributed by atoms with Gasteiger partial charge in [-0.15, -0.1) is 0 Å². The van der Waals surface area contributed by atoms with Crippen LogP contribution in [-0.2, 0) is 28.7 Å². The van der Waals surface area contributed by atoms with E-state index in [1.807, 2.05) is 0 Å². The third-order valence-corrected chi connectivity index (χ3v) is 8.80. The van der Waals surface area contributed by atoms with E-state index in [1.165, 1.54) is 7.11 Å². The fourth-order valence-electron chi connectivity index (χ4n) is 4.98. The van der Waals surface area contributed by atoms with E-state index in [9.17, 15) is 39.6 Å². The molecule has 0 radical (unpaired) electrons. The lowest BCUT2D eigenvalue weighted by molar-refractivity contribution is -0.143. The third kappa shape index (κ3) is 6.69. The zero-order valence-electron chi connectivity index (χ0n) is 23.2. The molecule has 1 saturated heterocycles. The van der Waals surface area contributed by atoms with Gasteiger partial charge >= 0.3 is 12.4 Å². The fraction of sp³-hybridized carbons (Fsp3) is 0.393. The van der Waals surface area contributed by atoms with Crippen LogP contribution >= 0.6 is 0 Å². The Morgan fingerprint density at radius 2 is 1.57 bits per heavy atom. The van der Waals surface area contributed by atoms with Gasteiger partial charge in [-0.1, -0.05) is 12.1 Å². The van der Waals surface area contributed by atoms with Gasteiger partial charge in [-0.3, -0.25) is 4.79 Å². The molecule has 0 unspecified atom stereocenters. The summed E-state index contributed by atoms with van der Waals surface area (Å²) in [7, 11) is -1.85. The summed E-state index contributed by atoms with van der Waals surface area (Å²) in [5.74, 6) is -0.802. The van der Waals surface area contributed by atoms with Gasteiger partial charge in [0, 0.05) is 31.7 Å². The molecule has 9 nitrogen and oxygen atoms in total. The number of amides is 1. The number of hydrogen-bond acceptors (Lipinski definition) is 8. The molecule has 0 spiro atoms. The molecule has 0 bridgehead atoms. The van der Waals surface area contributed by atoms with Crippen LogP contribution in [0.25, 0.3) is 11.3 Å². The van der Waals surface area contributed by atoms with Crippen LogP contribution in [0.1, 0.15) is 33.5 Å². The lowest BCUT2D eigenvalue weighted by Gasteiger charge is -2.30. The first-order valence-corrected chi connectivity index (χ1v) is 15.2. The molecule has 1 fully saturated rings. The predicted octanol–water partition coefficient (Wildman–Crippen LogP) is 4.85. The molecule has 0 N–H and O–H groups in total. The van der Waals surface area contributed by atoms with Gasteiger partial charge in [0.2, 0.25) is 11.8 Å². The second-order valence-corrected chi connectivity index (χ2v) is 12.5. The maximum Gasteiger partial charge on any atom is 0.416 e. The third-order valence-electron chi connectivity index (χ3n) is 7.19. The molecule has 0 saturated carbocycles. The van der Waals surface area contributed by atoms with E-state index >= 15 is 0 Å². The first-order valence-electron chi connectivity index (χ1n) is 13.4. The van der Waals surface area contributed by atoms with Crippen molar-refractivity contribution in [3.63, 3.8) is 0 Å². The maximum absolute atomic E-state index is 14.1. The smallest absolute Gasteiger partial charge is 0.416 e. The summed E-state index contributed by atoms with van der Waals surface area (Å²) >= 11 is 0. The number of aromatic nitrogens is 2. The molecule has 3 aromatic rings. The number of alkyl halides is 6. The quantitative estimate of drug-likeness (QED) is 0.364. The van der Waals surface area contributed by atoms with Crippen LogP contribution in [0, 0.1) is 0 Å². The minimum Gasteiger partial charge on any atom is -0.496 e. The Balaban J connectivity index is 1.62. The van der Waals surface area contributed by atoms with Crippen LogP contribution in [0.3, 0.4) is 0 Å². The Bertz CT molecular complexity index is 1630. The number of para-hydroxylation sites is 1. The molecule has 236 valence electrons. The SMILES string of the molecule is COc1ccccc1-c1nc(N2CCS(=O)(=O)CC2)nc2c1C(=O)N(Cc1cc(C(F)(F)F)cc(C(F)(F)F)c1)CCCO2. The molecule has 3 heterocycles. The van der Waals surface area contributed by atoms with Gasteiger partial charge < -0.3 is 19.3 Å². The zero-order chi connectivity index (χ0) is 31.9. The lowest BCUT2D eigenvalue weighted by Crippen LogP contribution is -2.41. The summed E-state index contributed by atoms with van der Waals surface area (Å²) < 4.78 is 116. The first kappa shape index (κ1) is 31.3.